The number of likely N-dealkylation sites (tertiary alicyclic amines) is 1. The monoisotopic (exact) mass is 329 g/mol. The third-order valence-electron chi connectivity index (χ3n) is 3.57. The summed E-state index contributed by atoms with van der Waals surface area (Å²) in [5, 5.41) is 0. The number of carbonyl (C=O) groups is 1. The molecule has 0 aromatic heterocycles. The van der Waals surface area contributed by atoms with Gasteiger partial charge in [0.25, 0.3) is 0 Å². The van der Waals surface area contributed by atoms with Crippen LogP contribution >= 0.6 is 15.9 Å². The maximum atomic E-state index is 11.8. The molecule has 1 aliphatic rings. The Morgan fingerprint density at radius 1 is 1.05 bits per heavy atom. The zero-order valence-electron chi connectivity index (χ0n) is 11.1. The van der Waals surface area contributed by atoms with Crippen LogP contribution < -0.4 is 0 Å². The molecule has 0 aliphatic carbocycles. The van der Waals surface area contributed by atoms with Crippen LogP contribution in [-0.4, -0.2) is 22.2 Å². The van der Waals surface area contributed by atoms with Crippen molar-refractivity contribution in [3.8, 4) is 11.1 Å². The first-order valence-corrected chi connectivity index (χ1v) is 7.70. The second kappa shape index (κ2) is 5.80. The van der Waals surface area contributed by atoms with Crippen molar-refractivity contribution in [3.05, 3.63) is 60.2 Å². The van der Waals surface area contributed by atoms with Crippen LogP contribution in [0.5, 0.6) is 0 Å². The highest BCUT2D eigenvalue weighted by atomic mass is 79.9. The molecule has 1 unspecified atom stereocenters. The third kappa shape index (κ3) is 2.93. The summed E-state index contributed by atoms with van der Waals surface area (Å²) in [6.07, 6.45) is 0.609. The van der Waals surface area contributed by atoms with Crippen molar-refractivity contribution in [2.75, 3.05) is 6.54 Å². The van der Waals surface area contributed by atoms with E-state index in [4.69, 9.17) is 0 Å². The molecule has 1 aliphatic heterocycles. The molecule has 20 heavy (non-hydrogen) atoms. The van der Waals surface area contributed by atoms with E-state index < -0.39 is 0 Å². The van der Waals surface area contributed by atoms with Gasteiger partial charge in [0.15, 0.2) is 0 Å². The minimum atomic E-state index is 0.233. The van der Waals surface area contributed by atoms with Crippen molar-refractivity contribution in [2.45, 2.75) is 17.8 Å². The molecule has 1 heterocycles. The number of carbonyl (C=O) groups excluding carboxylic acids is 1. The number of alkyl halides is 1. The molecule has 0 radical (unpaired) electrons. The van der Waals surface area contributed by atoms with E-state index in [1.54, 1.807) is 0 Å². The minimum Gasteiger partial charge on any atom is -0.337 e. The van der Waals surface area contributed by atoms with Gasteiger partial charge in [0.1, 0.15) is 0 Å². The van der Waals surface area contributed by atoms with Gasteiger partial charge in [-0.25, -0.2) is 0 Å². The largest absolute Gasteiger partial charge is 0.337 e. The van der Waals surface area contributed by atoms with E-state index in [9.17, 15) is 4.79 Å². The van der Waals surface area contributed by atoms with Gasteiger partial charge in [0, 0.05) is 24.3 Å². The van der Waals surface area contributed by atoms with Crippen molar-refractivity contribution in [3.63, 3.8) is 0 Å². The van der Waals surface area contributed by atoms with Gasteiger partial charge in [0.2, 0.25) is 5.91 Å². The van der Waals surface area contributed by atoms with E-state index in [2.05, 4.69) is 52.3 Å². The smallest absolute Gasteiger partial charge is 0.224 e. The lowest BCUT2D eigenvalue weighted by atomic mass is 10.0. The number of hydrogen-bond acceptors (Lipinski definition) is 1. The summed E-state index contributed by atoms with van der Waals surface area (Å²) >= 11 is 3.52. The van der Waals surface area contributed by atoms with Crippen molar-refractivity contribution < 1.29 is 4.79 Å². The predicted octanol–water partition coefficient (Wildman–Crippen LogP) is 3.85. The van der Waals surface area contributed by atoms with Crippen molar-refractivity contribution in [1.82, 2.24) is 4.90 Å². The van der Waals surface area contributed by atoms with E-state index in [1.807, 2.05) is 23.1 Å². The Morgan fingerprint density at radius 2 is 1.80 bits per heavy atom. The van der Waals surface area contributed by atoms with Gasteiger partial charge in [-0.3, -0.25) is 4.79 Å². The molecule has 2 aromatic carbocycles. The number of rotatable bonds is 3. The molecule has 3 heteroatoms. The molecule has 1 amide bonds. The maximum absolute atomic E-state index is 11.8. The summed E-state index contributed by atoms with van der Waals surface area (Å²) in [7, 11) is 0. The molecule has 2 aromatic rings. The first-order chi connectivity index (χ1) is 9.72. The fraction of sp³-hybridized carbons (Fsp3) is 0.235. The van der Waals surface area contributed by atoms with Gasteiger partial charge in [-0.15, -0.1) is 0 Å². The van der Waals surface area contributed by atoms with Crippen LogP contribution in [0.2, 0.25) is 0 Å². The third-order valence-corrected chi connectivity index (χ3v) is 4.19. The lowest BCUT2D eigenvalue weighted by molar-refractivity contribution is -0.128. The fourth-order valence-corrected chi connectivity index (χ4v) is 3.20. The van der Waals surface area contributed by atoms with Crippen LogP contribution in [0.1, 0.15) is 12.0 Å². The Morgan fingerprint density at radius 3 is 2.50 bits per heavy atom. The molecule has 0 saturated carbocycles. The lowest BCUT2D eigenvalue weighted by Gasteiger charge is -2.16. The van der Waals surface area contributed by atoms with Crippen molar-refractivity contribution >= 4 is 21.8 Å². The Labute approximate surface area is 127 Å². The Bertz CT molecular complexity index is 611. The zero-order chi connectivity index (χ0) is 13.9. The standard InChI is InChI=1S/C17H16BrNO/c18-16-10-17(20)19(12-16)11-13-5-4-8-15(9-13)14-6-2-1-3-7-14/h1-9,16H,10-12H2. The van der Waals surface area contributed by atoms with Crippen LogP contribution in [0, 0.1) is 0 Å². The molecular formula is C17H16BrNO. The molecule has 1 atom stereocenters. The minimum absolute atomic E-state index is 0.233. The highest BCUT2D eigenvalue weighted by Gasteiger charge is 2.27. The van der Waals surface area contributed by atoms with Gasteiger partial charge in [-0.1, -0.05) is 64.5 Å². The fourth-order valence-electron chi connectivity index (χ4n) is 2.58. The molecular weight excluding hydrogens is 314 g/mol. The van der Waals surface area contributed by atoms with E-state index in [-0.39, 0.29) is 5.91 Å². The lowest BCUT2D eigenvalue weighted by Crippen LogP contribution is -2.24. The predicted molar refractivity (Wildman–Crippen MR) is 84.6 cm³/mol. The summed E-state index contributed by atoms with van der Waals surface area (Å²) in [6, 6.07) is 18.7. The summed E-state index contributed by atoms with van der Waals surface area (Å²) in [6.45, 7) is 1.50. The second-order valence-corrected chi connectivity index (χ2v) is 6.44. The molecule has 0 bridgehead atoms. The number of nitrogens with zero attached hydrogens (tertiary/aromatic N) is 1. The molecule has 3 rings (SSSR count). The first kappa shape index (κ1) is 13.4. The Kier molecular flexibility index (Phi) is 3.88. The molecule has 0 N–H and O–H groups in total. The SMILES string of the molecule is O=C1CC(Br)CN1Cc1cccc(-c2ccccc2)c1. The Balaban J connectivity index is 1.80. The summed E-state index contributed by atoms with van der Waals surface area (Å²) < 4.78 is 0. The van der Waals surface area contributed by atoms with E-state index >= 15 is 0 Å². The molecule has 1 fully saturated rings. The highest BCUT2D eigenvalue weighted by Crippen LogP contribution is 2.23. The van der Waals surface area contributed by atoms with E-state index in [0.717, 1.165) is 6.54 Å². The summed E-state index contributed by atoms with van der Waals surface area (Å²) in [4.78, 5) is 14.1. The first-order valence-electron chi connectivity index (χ1n) is 6.78. The highest BCUT2D eigenvalue weighted by molar-refractivity contribution is 9.09. The number of hydrogen-bond donors (Lipinski definition) is 0. The second-order valence-electron chi connectivity index (χ2n) is 5.14. The van der Waals surface area contributed by atoms with Crippen molar-refractivity contribution in [1.29, 1.82) is 0 Å². The molecule has 2 nitrogen and oxygen atoms in total. The van der Waals surface area contributed by atoms with E-state index in [1.165, 1.54) is 16.7 Å². The van der Waals surface area contributed by atoms with Crippen LogP contribution in [0.3, 0.4) is 0 Å². The topological polar surface area (TPSA) is 20.3 Å². The number of halogens is 1. The quantitative estimate of drug-likeness (QED) is 0.783. The van der Waals surface area contributed by atoms with Crippen molar-refractivity contribution in [2.24, 2.45) is 0 Å². The van der Waals surface area contributed by atoms with Gasteiger partial charge in [0.05, 0.1) is 0 Å². The van der Waals surface area contributed by atoms with Crippen LogP contribution in [0.4, 0.5) is 0 Å². The van der Waals surface area contributed by atoms with Gasteiger partial charge in [-0.2, -0.15) is 0 Å². The van der Waals surface area contributed by atoms with Gasteiger partial charge in [-0.05, 0) is 22.8 Å². The summed E-state index contributed by atoms with van der Waals surface area (Å²) in [5.41, 5.74) is 3.59. The van der Waals surface area contributed by atoms with Crippen LogP contribution in [-0.2, 0) is 11.3 Å². The Hall–Kier alpha value is -1.61. The molecule has 0 spiro atoms. The van der Waals surface area contributed by atoms with Crippen LogP contribution in [0.25, 0.3) is 11.1 Å². The van der Waals surface area contributed by atoms with E-state index in [0.29, 0.717) is 17.8 Å². The molecule has 102 valence electrons. The summed E-state index contributed by atoms with van der Waals surface area (Å²) in [5.74, 6) is 0.233. The molecule has 1 saturated heterocycles. The maximum Gasteiger partial charge on any atom is 0.224 e. The van der Waals surface area contributed by atoms with Crippen LogP contribution in [0.15, 0.2) is 54.6 Å². The van der Waals surface area contributed by atoms with Gasteiger partial charge < -0.3 is 4.90 Å². The average Bonchev–Trinajstić information content (AvgIpc) is 2.78. The van der Waals surface area contributed by atoms with Gasteiger partial charge >= 0.3 is 0 Å². The number of amides is 1. The normalized spacial score (nSPS) is 18.6. The zero-order valence-corrected chi connectivity index (χ0v) is 12.7. The average molecular weight is 330 g/mol. The number of benzene rings is 2.